The minimum absolute atomic E-state index is 0.297. The van der Waals surface area contributed by atoms with Crippen molar-refractivity contribution in [2.45, 2.75) is 0 Å². The van der Waals surface area contributed by atoms with Crippen LogP contribution in [0.15, 0.2) is 30.0 Å². The average molecular weight is 206 g/mol. The lowest BCUT2D eigenvalue weighted by Crippen LogP contribution is -1.95. The molecule has 0 unspecified atom stereocenters. The van der Waals surface area contributed by atoms with E-state index < -0.39 is 5.97 Å². The lowest BCUT2D eigenvalue weighted by atomic mass is 10.2. The van der Waals surface area contributed by atoms with Crippen LogP contribution in [-0.2, 0) is 0 Å². The number of carboxylic acid groups (broad SMARTS) is 1. The van der Waals surface area contributed by atoms with E-state index >= 15 is 0 Å². The molecule has 0 aliphatic carbocycles. The Hall–Kier alpha value is -1.75. The third-order valence-electron chi connectivity index (χ3n) is 1.70. The second kappa shape index (κ2) is 3.55. The molecule has 0 spiro atoms. The van der Waals surface area contributed by atoms with Crippen LogP contribution in [0.5, 0.6) is 0 Å². The predicted octanol–water partition coefficient (Wildman–Crippen LogP) is 1.90. The SMILES string of the molecule is O=C(O)c1sccc1-c1cnccn1. The van der Waals surface area contributed by atoms with Gasteiger partial charge in [0.1, 0.15) is 4.88 Å². The van der Waals surface area contributed by atoms with Crippen molar-refractivity contribution < 1.29 is 9.90 Å². The number of carboxylic acids is 1. The van der Waals surface area contributed by atoms with Gasteiger partial charge in [0, 0.05) is 18.0 Å². The Kier molecular flexibility index (Phi) is 2.24. The second-order valence-electron chi connectivity index (χ2n) is 2.56. The molecule has 2 aromatic rings. The van der Waals surface area contributed by atoms with Crippen LogP contribution in [0.25, 0.3) is 11.3 Å². The summed E-state index contributed by atoms with van der Waals surface area (Å²) in [5.41, 5.74) is 1.21. The molecule has 0 aromatic carbocycles. The summed E-state index contributed by atoms with van der Waals surface area (Å²) in [5.74, 6) is -0.930. The Morgan fingerprint density at radius 2 is 2.29 bits per heavy atom. The molecule has 2 heterocycles. The molecule has 2 rings (SSSR count). The van der Waals surface area contributed by atoms with Crippen LogP contribution in [0.4, 0.5) is 0 Å². The zero-order valence-electron chi connectivity index (χ0n) is 7.04. The van der Waals surface area contributed by atoms with E-state index in [0.717, 1.165) is 0 Å². The average Bonchev–Trinajstić information content (AvgIpc) is 2.67. The minimum Gasteiger partial charge on any atom is -0.477 e. The zero-order valence-corrected chi connectivity index (χ0v) is 7.86. The Labute approximate surface area is 83.9 Å². The number of rotatable bonds is 2. The monoisotopic (exact) mass is 206 g/mol. The largest absolute Gasteiger partial charge is 0.477 e. The van der Waals surface area contributed by atoms with Crippen molar-refractivity contribution in [3.05, 3.63) is 34.9 Å². The maximum absolute atomic E-state index is 10.8. The number of nitrogens with zero attached hydrogens (tertiary/aromatic N) is 2. The highest BCUT2D eigenvalue weighted by molar-refractivity contribution is 7.12. The number of aromatic carboxylic acids is 1. The molecule has 14 heavy (non-hydrogen) atoms. The van der Waals surface area contributed by atoms with Crippen LogP contribution in [-0.4, -0.2) is 21.0 Å². The second-order valence-corrected chi connectivity index (χ2v) is 3.48. The molecular formula is C9H6N2O2S. The van der Waals surface area contributed by atoms with Gasteiger partial charge in [0.05, 0.1) is 11.9 Å². The predicted molar refractivity (Wildman–Crippen MR) is 52.3 cm³/mol. The summed E-state index contributed by atoms with van der Waals surface area (Å²) in [6.45, 7) is 0. The number of thiophene rings is 1. The van der Waals surface area contributed by atoms with Crippen LogP contribution < -0.4 is 0 Å². The van der Waals surface area contributed by atoms with Crippen molar-refractivity contribution >= 4 is 17.3 Å². The molecule has 2 aromatic heterocycles. The van der Waals surface area contributed by atoms with Gasteiger partial charge in [0.2, 0.25) is 0 Å². The molecule has 0 aliphatic rings. The summed E-state index contributed by atoms with van der Waals surface area (Å²) in [4.78, 5) is 19.1. The molecule has 0 saturated heterocycles. The highest BCUT2D eigenvalue weighted by atomic mass is 32.1. The zero-order chi connectivity index (χ0) is 9.97. The quantitative estimate of drug-likeness (QED) is 0.815. The first-order valence-corrected chi connectivity index (χ1v) is 4.74. The summed E-state index contributed by atoms with van der Waals surface area (Å²) in [5, 5.41) is 10.6. The van der Waals surface area contributed by atoms with E-state index in [1.54, 1.807) is 30.0 Å². The standard InChI is InChI=1S/C9H6N2O2S/c12-9(13)8-6(1-4-14-8)7-5-10-2-3-11-7/h1-5H,(H,12,13). The lowest BCUT2D eigenvalue weighted by molar-refractivity contribution is 0.0703. The molecule has 0 amide bonds. The minimum atomic E-state index is -0.930. The third-order valence-corrected chi connectivity index (χ3v) is 2.60. The molecule has 0 fully saturated rings. The van der Waals surface area contributed by atoms with Crippen LogP contribution in [0.1, 0.15) is 9.67 Å². The van der Waals surface area contributed by atoms with Crippen molar-refractivity contribution in [3.8, 4) is 11.3 Å². The summed E-state index contributed by atoms with van der Waals surface area (Å²) in [7, 11) is 0. The molecule has 5 heteroatoms. The highest BCUT2D eigenvalue weighted by Gasteiger charge is 2.13. The van der Waals surface area contributed by atoms with Gasteiger partial charge in [-0.2, -0.15) is 0 Å². The molecular weight excluding hydrogens is 200 g/mol. The Morgan fingerprint density at radius 1 is 1.43 bits per heavy atom. The lowest BCUT2D eigenvalue weighted by Gasteiger charge is -1.97. The summed E-state index contributed by atoms with van der Waals surface area (Å²) in [6.07, 6.45) is 4.64. The van der Waals surface area contributed by atoms with E-state index in [9.17, 15) is 4.79 Å². The first-order chi connectivity index (χ1) is 6.79. The van der Waals surface area contributed by atoms with E-state index in [1.165, 1.54) is 11.3 Å². The van der Waals surface area contributed by atoms with E-state index in [0.29, 0.717) is 16.1 Å². The smallest absolute Gasteiger partial charge is 0.346 e. The van der Waals surface area contributed by atoms with Gasteiger partial charge in [0.15, 0.2) is 0 Å². The molecule has 1 N–H and O–H groups in total. The van der Waals surface area contributed by atoms with E-state index in [-0.39, 0.29) is 0 Å². The van der Waals surface area contributed by atoms with E-state index in [1.807, 2.05) is 0 Å². The van der Waals surface area contributed by atoms with Gasteiger partial charge in [-0.3, -0.25) is 9.97 Å². The fraction of sp³-hybridized carbons (Fsp3) is 0. The number of aromatic nitrogens is 2. The van der Waals surface area contributed by atoms with Gasteiger partial charge < -0.3 is 5.11 Å². The van der Waals surface area contributed by atoms with Crippen LogP contribution >= 0.6 is 11.3 Å². The topological polar surface area (TPSA) is 63.1 Å². The third kappa shape index (κ3) is 1.49. The maximum Gasteiger partial charge on any atom is 0.346 e. The van der Waals surface area contributed by atoms with Gasteiger partial charge in [-0.1, -0.05) is 0 Å². The maximum atomic E-state index is 10.8. The molecule has 0 bridgehead atoms. The fourth-order valence-electron chi connectivity index (χ4n) is 1.11. The van der Waals surface area contributed by atoms with Crippen LogP contribution in [0.2, 0.25) is 0 Å². The molecule has 4 nitrogen and oxygen atoms in total. The normalized spacial score (nSPS) is 10.0. The Bertz CT molecular complexity index is 453. The highest BCUT2D eigenvalue weighted by Crippen LogP contribution is 2.25. The summed E-state index contributed by atoms with van der Waals surface area (Å²) in [6, 6.07) is 1.73. The Balaban J connectivity index is 2.52. The van der Waals surface area contributed by atoms with Crippen molar-refractivity contribution in [3.63, 3.8) is 0 Å². The van der Waals surface area contributed by atoms with Crippen LogP contribution in [0, 0.1) is 0 Å². The molecule has 0 aliphatic heterocycles. The molecule has 70 valence electrons. The Morgan fingerprint density at radius 3 is 2.93 bits per heavy atom. The molecule has 0 atom stereocenters. The van der Waals surface area contributed by atoms with Crippen molar-refractivity contribution in [1.29, 1.82) is 0 Å². The van der Waals surface area contributed by atoms with Crippen LogP contribution in [0.3, 0.4) is 0 Å². The van der Waals surface area contributed by atoms with E-state index in [4.69, 9.17) is 5.11 Å². The van der Waals surface area contributed by atoms with Gasteiger partial charge in [0.25, 0.3) is 0 Å². The first kappa shape index (κ1) is 8.83. The number of hydrogen-bond donors (Lipinski definition) is 1. The first-order valence-electron chi connectivity index (χ1n) is 3.86. The summed E-state index contributed by atoms with van der Waals surface area (Å²) < 4.78 is 0. The van der Waals surface area contributed by atoms with Gasteiger partial charge in [-0.25, -0.2) is 4.79 Å². The molecule has 0 saturated carbocycles. The van der Waals surface area contributed by atoms with Gasteiger partial charge in [-0.15, -0.1) is 11.3 Å². The van der Waals surface area contributed by atoms with E-state index in [2.05, 4.69) is 9.97 Å². The number of hydrogen-bond acceptors (Lipinski definition) is 4. The van der Waals surface area contributed by atoms with Crippen molar-refractivity contribution in [2.75, 3.05) is 0 Å². The van der Waals surface area contributed by atoms with Gasteiger partial charge >= 0.3 is 5.97 Å². The van der Waals surface area contributed by atoms with Crippen molar-refractivity contribution in [2.24, 2.45) is 0 Å². The summed E-state index contributed by atoms with van der Waals surface area (Å²) >= 11 is 1.19. The van der Waals surface area contributed by atoms with Gasteiger partial charge in [-0.05, 0) is 11.4 Å². The number of carbonyl (C=O) groups is 1. The van der Waals surface area contributed by atoms with Crippen molar-refractivity contribution in [1.82, 2.24) is 9.97 Å². The molecule has 0 radical (unpaired) electrons. The fourth-order valence-corrected chi connectivity index (χ4v) is 1.86.